The van der Waals surface area contributed by atoms with E-state index in [1.54, 1.807) is 7.11 Å². The number of nitrogens with zero attached hydrogens (tertiary/aromatic N) is 1. The van der Waals surface area contributed by atoms with Crippen LogP contribution in [0.1, 0.15) is 18.4 Å². The quantitative estimate of drug-likeness (QED) is 0.941. The summed E-state index contributed by atoms with van der Waals surface area (Å²) in [7, 11) is 3.77. The highest BCUT2D eigenvalue weighted by molar-refractivity contribution is 5.70. The van der Waals surface area contributed by atoms with Crippen molar-refractivity contribution in [3.05, 3.63) is 54.1 Å². The van der Waals surface area contributed by atoms with Crippen molar-refractivity contribution in [2.45, 2.75) is 24.9 Å². The van der Waals surface area contributed by atoms with Crippen LogP contribution in [0, 0.1) is 0 Å². The Labute approximate surface area is 132 Å². The lowest BCUT2D eigenvalue weighted by Gasteiger charge is -2.52. The lowest BCUT2D eigenvalue weighted by atomic mass is 9.76. The van der Waals surface area contributed by atoms with Crippen molar-refractivity contribution < 1.29 is 9.84 Å². The van der Waals surface area contributed by atoms with E-state index in [0.717, 1.165) is 16.9 Å². The number of hydrogen-bond donors (Lipinski definition) is 1. The number of aliphatic hydroxyl groups excluding tert-OH is 1. The number of likely N-dealkylation sites (tertiary alicyclic amines) is 1. The molecule has 0 spiro atoms. The number of ether oxygens (including phenoxy) is 1. The lowest BCUT2D eigenvalue weighted by Crippen LogP contribution is -2.60. The van der Waals surface area contributed by atoms with Crippen LogP contribution < -0.4 is 4.74 Å². The van der Waals surface area contributed by atoms with Crippen molar-refractivity contribution in [3.8, 4) is 16.9 Å². The molecule has 3 nitrogen and oxygen atoms in total. The summed E-state index contributed by atoms with van der Waals surface area (Å²) < 4.78 is 5.44. The molecule has 1 fully saturated rings. The average molecular weight is 297 g/mol. The van der Waals surface area contributed by atoms with Gasteiger partial charge in [-0.25, -0.2) is 0 Å². The summed E-state index contributed by atoms with van der Waals surface area (Å²) in [6.45, 7) is 2.42. The van der Waals surface area contributed by atoms with Gasteiger partial charge in [-0.05, 0) is 31.2 Å². The molecule has 2 aromatic carbocycles. The van der Waals surface area contributed by atoms with Gasteiger partial charge in [-0.1, -0.05) is 42.5 Å². The van der Waals surface area contributed by atoms with E-state index in [2.05, 4.69) is 49.2 Å². The molecular formula is C19H23NO2. The fraction of sp³-hybridized carbons (Fsp3) is 0.368. The molecule has 0 aliphatic carbocycles. The Morgan fingerprint density at radius 3 is 2.41 bits per heavy atom. The maximum Gasteiger partial charge on any atom is 0.126 e. The molecule has 0 radical (unpaired) electrons. The highest BCUT2D eigenvalue weighted by atomic mass is 16.5. The third kappa shape index (κ3) is 2.40. The molecule has 1 aliphatic rings. The van der Waals surface area contributed by atoms with E-state index in [9.17, 15) is 5.11 Å². The van der Waals surface area contributed by atoms with Gasteiger partial charge in [-0.15, -0.1) is 0 Å². The molecule has 3 atom stereocenters. The minimum absolute atomic E-state index is 0.208. The van der Waals surface area contributed by atoms with Crippen molar-refractivity contribution in [1.82, 2.24) is 4.90 Å². The van der Waals surface area contributed by atoms with E-state index in [4.69, 9.17) is 4.74 Å². The first-order valence-electron chi connectivity index (χ1n) is 7.73. The number of rotatable bonds is 4. The first-order valence-corrected chi connectivity index (χ1v) is 7.73. The van der Waals surface area contributed by atoms with Crippen LogP contribution in [0.5, 0.6) is 5.75 Å². The second kappa shape index (κ2) is 6.11. The Hall–Kier alpha value is -1.84. The lowest BCUT2D eigenvalue weighted by molar-refractivity contribution is -0.0122. The number of hydrogen-bond acceptors (Lipinski definition) is 3. The zero-order valence-electron chi connectivity index (χ0n) is 13.4. The third-order valence-corrected chi connectivity index (χ3v) is 5.00. The van der Waals surface area contributed by atoms with Gasteiger partial charge in [-0.2, -0.15) is 0 Å². The van der Waals surface area contributed by atoms with E-state index in [0.29, 0.717) is 12.0 Å². The van der Waals surface area contributed by atoms with Crippen LogP contribution in [0.4, 0.5) is 0 Å². The summed E-state index contributed by atoms with van der Waals surface area (Å²) in [5.74, 6) is 1.29. The van der Waals surface area contributed by atoms with Crippen LogP contribution >= 0.6 is 0 Å². The molecule has 3 rings (SSSR count). The normalized spacial score (nSPS) is 24.8. The molecule has 1 saturated heterocycles. The van der Waals surface area contributed by atoms with Crippen LogP contribution in [0.25, 0.3) is 11.1 Å². The molecular weight excluding hydrogens is 274 g/mol. The summed E-state index contributed by atoms with van der Waals surface area (Å²) in [5, 5.41) is 9.55. The molecule has 3 unspecified atom stereocenters. The Morgan fingerprint density at radius 1 is 1.09 bits per heavy atom. The SMILES string of the molecule is COc1ccccc1-c1ccc(C2C(C)N(C)C2CO)cc1. The number of benzene rings is 2. The zero-order valence-corrected chi connectivity index (χ0v) is 13.4. The number of methoxy groups -OCH3 is 1. The number of aliphatic hydroxyl groups is 1. The van der Waals surface area contributed by atoms with Crippen LogP contribution in [0.15, 0.2) is 48.5 Å². The van der Waals surface area contributed by atoms with Crippen LogP contribution in [-0.4, -0.2) is 42.9 Å². The van der Waals surface area contributed by atoms with E-state index >= 15 is 0 Å². The standard InChI is InChI=1S/C19H23NO2/c1-13-19(17(12-21)20(13)2)15-10-8-14(9-11-15)16-6-4-5-7-18(16)22-3/h4-11,13,17,19,21H,12H2,1-3H3. The van der Waals surface area contributed by atoms with Crippen molar-refractivity contribution in [2.24, 2.45) is 0 Å². The van der Waals surface area contributed by atoms with Gasteiger partial charge >= 0.3 is 0 Å². The van der Waals surface area contributed by atoms with Crippen LogP contribution in [-0.2, 0) is 0 Å². The second-order valence-electron chi connectivity index (χ2n) is 6.00. The van der Waals surface area contributed by atoms with Gasteiger partial charge in [-0.3, -0.25) is 4.90 Å². The van der Waals surface area contributed by atoms with Crippen molar-refractivity contribution >= 4 is 0 Å². The topological polar surface area (TPSA) is 32.7 Å². The largest absolute Gasteiger partial charge is 0.496 e. The first-order chi connectivity index (χ1) is 10.7. The summed E-state index contributed by atoms with van der Waals surface area (Å²) in [6, 6.07) is 17.4. The molecule has 0 aromatic heterocycles. The smallest absolute Gasteiger partial charge is 0.126 e. The molecule has 3 heteroatoms. The molecule has 22 heavy (non-hydrogen) atoms. The maximum absolute atomic E-state index is 9.55. The highest BCUT2D eigenvalue weighted by Gasteiger charge is 2.43. The highest BCUT2D eigenvalue weighted by Crippen LogP contribution is 2.40. The molecule has 1 aliphatic heterocycles. The fourth-order valence-corrected chi connectivity index (χ4v) is 3.54. The molecule has 0 bridgehead atoms. The maximum atomic E-state index is 9.55. The predicted octanol–water partition coefficient (Wildman–Crippen LogP) is 3.14. The Morgan fingerprint density at radius 2 is 1.77 bits per heavy atom. The monoisotopic (exact) mass is 297 g/mol. The van der Waals surface area contributed by atoms with Gasteiger partial charge in [0.2, 0.25) is 0 Å². The van der Waals surface area contributed by atoms with Gasteiger partial charge in [0, 0.05) is 23.6 Å². The molecule has 1 N–H and O–H groups in total. The minimum atomic E-state index is 0.208. The Kier molecular flexibility index (Phi) is 4.19. The summed E-state index contributed by atoms with van der Waals surface area (Å²) in [4.78, 5) is 2.23. The predicted molar refractivity (Wildman–Crippen MR) is 89.3 cm³/mol. The van der Waals surface area contributed by atoms with Gasteiger partial charge in [0.25, 0.3) is 0 Å². The molecule has 0 saturated carbocycles. The summed E-state index contributed by atoms with van der Waals surface area (Å²) >= 11 is 0. The molecule has 2 aromatic rings. The van der Waals surface area contributed by atoms with Crippen LogP contribution in [0.3, 0.4) is 0 Å². The summed E-state index contributed by atoms with van der Waals surface area (Å²) in [6.07, 6.45) is 0. The van der Waals surface area contributed by atoms with Gasteiger partial charge in [0.15, 0.2) is 0 Å². The van der Waals surface area contributed by atoms with E-state index in [-0.39, 0.29) is 12.6 Å². The molecule has 116 valence electrons. The molecule has 1 heterocycles. The van der Waals surface area contributed by atoms with Crippen molar-refractivity contribution in [3.63, 3.8) is 0 Å². The number of likely N-dealkylation sites (N-methyl/N-ethyl adjacent to an activating group) is 1. The Bertz CT molecular complexity index is 638. The van der Waals surface area contributed by atoms with E-state index in [1.165, 1.54) is 5.56 Å². The van der Waals surface area contributed by atoms with Gasteiger partial charge in [0.1, 0.15) is 5.75 Å². The summed E-state index contributed by atoms with van der Waals surface area (Å²) in [5.41, 5.74) is 3.56. The van der Waals surface area contributed by atoms with Gasteiger partial charge in [0.05, 0.1) is 13.7 Å². The minimum Gasteiger partial charge on any atom is -0.496 e. The molecule has 0 amide bonds. The fourth-order valence-electron chi connectivity index (χ4n) is 3.54. The van der Waals surface area contributed by atoms with Crippen molar-refractivity contribution in [1.29, 1.82) is 0 Å². The number of para-hydroxylation sites is 1. The van der Waals surface area contributed by atoms with E-state index in [1.807, 2.05) is 18.2 Å². The average Bonchev–Trinajstić information content (AvgIpc) is 2.58. The Balaban J connectivity index is 1.87. The van der Waals surface area contributed by atoms with Gasteiger partial charge < -0.3 is 9.84 Å². The van der Waals surface area contributed by atoms with E-state index < -0.39 is 0 Å². The van der Waals surface area contributed by atoms with Crippen LogP contribution in [0.2, 0.25) is 0 Å². The first kappa shape index (κ1) is 15.1. The second-order valence-corrected chi connectivity index (χ2v) is 6.00. The zero-order chi connectivity index (χ0) is 15.7. The third-order valence-electron chi connectivity index (χ3n) is 5.00. The van der Waals surface area contributed by atoms with Crippen molar-refractivity contribution in [2.75, 3.05) is 20.8 Å².